The summed E-state index contributed by atoms with van der Waals surface area (Å²) in [6, 6.07) is 0. The Bertz CT molecular complexity index is 560. The number of aliphatic hydroxyl groups excluding tert-OH is 1. The van der Waals surface area contributed by atoms with Crippen molar-refractivity contribution in [3.05, 3.63) is 11.6 Å². The smallest absolute Gasteiger partial charge is 0.192 e. The van der Waals surface area contributed by atoms with E-state index >= 15 is 0 Å². The van der Waals surface area contributed by atoms with E-state index in [2.05, 4.69) is 66.5 Å². The molecular formula is C21H38O3Si. The first kappa shape index (κ1) is 22.4. The molecule has 0 aromatic rings. The third kappa shape index (κ3) is 4.98. The normalized spacial score (nSPS) is 30.6. The topological polar surface area (TPSA) is 49.7 Å². The van der Waals surface area contributed by atoms with Crippen LogP contribution < -0.4 is 0 Å². The van der Waals surface area contributed by atoms with E-state index in [1.165, 1.54) is 0 Å². The molecular weight excluding hydrogens is 328 g/mol. The van der Waals surface area contributed by atoms with Crippen LogP contribution in [0.5, 0.6) is 0 Å². The zero-order chi connectivity index (χ0) is 19.7. The lowest BCUT2D eigenvalue weighted by Crippen LogP contribution is -2.57. The van der Waals surface area contributed by atoms with E-state index in [1.807, 2.05) is 6.92 Å². The molecule has 0 unspecified atom stereocenters. The average Bonchev–Trinajstić information content (AvgIpc) is 2.41. The molecule has 0 amide bonds. The summed E-state index contributed by atoms with van der Waals surface area (Å²) < 4.78 is 6.64. The molecule has 0 heterocycles. The summed E-state index contributed by atoms with van der Waals surface area (Å²) in [5.41, 5.74) is -0.617. The van der Waals surface area contributed by atoms with Crippen LogP contribution in [-0.2, 0) is 4.43 Å². The zero-order valence-electron chi connectivity index (χ0n) is 17.7. The van der Waals surface area contributed by atoms with Crippen molar-refractivity contribution in [2.45, 2.75) is 91.1 Å². The lowest BCUT2D eigenvalue weighted by molar-refractivity contribution is -0.118. The van der Waals surface area contributed by atoms with Crippen LogP contribution in [0.25, 0.3) is 0 Å². The predicted octanol–water partition coefficient (Wildman–Crippen LogP) is 4.51. The molecule has 0 bridgehead atoms. The maximum Gasteiger partial charge on any atom is 0.192 e. The zero-order valence-corrected chi connectivity index (χ0v) is 18.7. The van der Waals surface area contributed by atoms with E-state index in [-0.39, 0.29) is 29.1 Å². The van der Waals surface area contributed by atoms with Crippen LogP contribution in [0, 0.1) is 23.2 Å². The van der Waals surface area contributed by atoms with Gasteiger partial charge in [0.15, 0.2) is 8.32 Å². The summed E-state index contributed by atoms with van der Waals surface area (Å²) in [7, 11) is -1.83. The monoisotopic (exact) mass is 366 g/mol. The Morgan fingerprint density at radius 2 is 1.88 bits per heavy atom. The largest absolute Gasteiger partial charge is 0.414 e. The second kappa shape index (κ2) is 7.56. The Hall–Kier alpha value is -0.603. The third-order valence-electron chi connectivity index (χ3n) is 6.21. The van der Waals surface area contributed by atoms with E-state index in [9.17, 15) is 5.11 Å². The van der Waals surface area contributed by atoms with Gasteiger partial charge in [0.1, 0.15) is 5.60 Å². The van der Waals surface area contributed by atoms with Crippen molar-refractivity contribution in [2.24, 2.45) is 11.3 Å². The van der Waals surface area contributed by atoms with E-state index in [1.54, 1.807) is 6.08 Å². The fourth-order valence-electron chi connectivity index (χ4n) is 3.40. The molecule has 1 saturated carbocycles. The third-order valence-corrected chi connectivity index (χ3v) is 10.7. The summed E-state index contributed by atoms with van der Waals surface area (Å²) in [6.45, 7) is 19.4. The van der Waals surface area contributed by atoms with Gasteiger partial charge in [-0.2, -0.15) is 0 Å². The summed E-state index contributed by atoms with van der Waals surface area (Å²) in [5.74, 6) is 6.18. The molecule has 0 spiro atoms. The molecule has 0 radical (unpaired) electrons. The van der Waals surface area contributed by atoms with Gasteiger partial charge in [0.05, 0.1) is 6.61 Å². The number of hydrogen-bond acceptors (Lipinski definition) is 3. The highest BCUT2D eigenvalue weighted by Gasteiger charge is 2.53. The van der Waals surface area contributed by atoms with Crippen molar-refractivity contribution >= 4 is 8.32 Å². The quantitative estimate of drug-likeness (QED) is 0.571. The number of rotatable bonds is 3. The van der Waals surface area contributed by atoms with Gasteiger partial charge in [-0.1, -0.05) is 53.4 Å². The van der Waals surface area contributed by atoms with Crippen LogP contribution in [0.15, 0.2) is 11.6 Å². The van der Waals surface area contributed by atoms with E-state index < -0.39 is 13.9 Å². The molecule has 25 heavy (non-hydrogen) atoms. The maximum absolute atomic E-state index is 11.4. The fourth-order valence-corrected chi connectivity index (χ4v) is 4.76. The molecule has 144 valence electrons. The van der Waals surface area contributed by atoms with E-state index in [0.29, 0.717) is 0 Å². The fraction of sp³-hybridized carbons (Fsp3) is 0.810. The standard InChI is InChI=1S/C21H38O3Si/c1-16(11-13-22)10-12-21(23)17(2)14-18(15-20(21,6)7)24-25(8,9)19(3,4)5/h11,17-18,22-23H,13-15H2,1-9H3/t17-,18+,21+/m0/s1. The van der Waals surface area contributed by atoms with Gasteiger partial charge in [0, 0.05) is 11.5 Å². The lowest BCUT2D eigenvalue weighted by atomic mass is 9.60. The number of allylic oxidation sites excluding steroid dienone is 1. The highest BCUT2D eigenvalue weighted by Crippen LogP contribution is 2.49. The lowest BCUT2D eigenvalue weighted by Gasteiger charge is -2.52. The first-order valence-electron chi connectivity index (χ1n) is 9.37. The number of hydrogen-bond donors (Lipinski definition) is 2. The second-order valence-electron chi connectivity index (χ2n) is 9.81. The Balaban J connectivity index is 3.04. The molecule has 0 aromatic heterocycles. The minimum Gasteiger partial charge on any atom is -0.414 e. The van der Waals surface area contributed by atoms with Crippen LogP contribution >= 0.6 is 0 Å². The summed E-state index contributed by atoms with van der Waals surface area (Å²) >= 11 is 0. The molecule has 2 N–H and O–H groups in total. The Morgan fingerprint density at radius 1 is 1.32 bits per heavy atom. The summed E-state index contributed by atoms with van der Waals surface area (Å²) in [6.07, 6.45) is 3.46. The van der Waals surface area contributed by atoms with Crippen molar-refractivity contribution in [3.63, 3.8) is 0 Å². The van der Waals surface area contributed by atoms with Gasteiger partial charge in [-0.05, 0) is 55.5 Å². The summed E-state index contributed by atoms with van der Waals surface area (Å²) in [4.78, 5) is 0. The van der Waals surface area contributed by atoms with Gasteiger partial charge in [-0.15, -0.1) is 0 Å². The highest BCUT2D eigenvalue weighted by atomic mass is 28.4. The SMILES string of the molecule is CC(C#C[C@@]1(O)[C@@H](C)C[C@@H](O[Si](C)(C)C(C)(C)C)CC1(C)C)=CCO. The van der Waals surface area contributed by atoms with Gasteiger partial charge in [-0.3, -0.25) is 0 Å². The van der Waals surface area contributed by atoms with Crippen molar-refractivity contribution in [1.82, 2.24) is 0 Å². The van der Waals surface area contributed by atoms with Crippen molar-refractivity contribution < 1.29 is 14.6 Å². The minimum atomic E-state index is -1.83. The van der Waals surface area contributed by atoms with Crippen LogP contribution in [0.2, 0.25) is 18.1 Å². The van der Waals surface area contributed by atoms with Crippen LogP contribution in [0.3, 0.4) is 0 Å². The van der Waals surface area contributed by atoms with E-state index in [4.69, 9.17) is 9.53 Å². The predicted molar refractivity (Wildman–Crippen MR) is 108 cm³/mol. The van der Waals surface area contributed by atoms with Crippen molar-refractivity contribution in [1.29, 1.82) is 0 Å². The van der Waals surface area contributed by atoms with Gasteiger partial charge >= 0.3 is 0 Å². The Morgan fingerprint density at radius 3 is 2.32 bits per heavy atom. The first-order valence-corrected chi connectivity index (χ1v) is 12.3. The summed E-state index contributed by atoms with van der Waals surface area (Å²) in [5, 5.41) is 20.5. The molecule has 1 aliphatic carbocycles. The first-order chi connectivity index (χ1) is 11.2. The average molecular weight is 367 g/mol. The molecule has 3 nitrogen and oxygen atoms in total. The minimum absolute atomic E-state index is 0.0275. The van der Waals surface area contributed by atoms with Crippen molar-refractivity contribution in [3.8, 4) is 11.8 Å². The molecule has 0 aromatic carbocycles. The highest BCUT2D eigenvalue weighted by molar-refractivity contribution is 6.74. The Kier molecular flexibility index (Phi) is 6.79. The molecule has 1 rings (SSSR count). The van der Waals surface area contributed by atoms with Gasteiger partial charge in [0.2, 0.25) is 0 Å². The molecule has 1 aliphatic rings. The van der Waals surface area contributed by atoms with Gasteiger partial charge in [-0.25, -0.2) is 0 Å². The number of aliphatic hydroxyl groups is 2. The molecule has 4 heteroatoms. The van der Waals surface area contributed by atoms with Gasteiger partial charge < -0.3 is 14.6 Å². The molecule has 0 saturated heterocycles. The molecule has 0 aliphatic heterocycles. The van der Waals surface area contributed by atoms with Crippen LogP contribution in [-0.4, -0.2) is 36.8 Å². The molecule has 3 atom stereocenters. The maximum atomic E-state index is 11.4. The van der Waals surface area contributed by atoms with Crippen LogP contribution in [0.1, 0.15) is 61.3 Å². The van der Waals surface area contributed by atoms with Crippen molar-refractivity contribution in [2.75, 3.05) is 6.61 Å². The Labute approximate surface area is 156 Å². The molecule has 1 fully saturated rings. The second-order valence-corrected chi connectivity index (χ2v) is 14.6. The van der Waals surface area contributed by atoms with Crippen LogP contribution in [0.4, 0.5) is 0 Å². The van der Waals surface area contributed by atoms with Gasteiger partial charge in [0.25, 0.3) is 0 Å². The van der Waals surface area contributed by atoms with E-state index in [0.717, 1.165) is 18.4 Å².